The Labute approximate surface area is 443 Å². The average molecular weight is 1060 g/mol. The maximum absolute atomic E-state index is 17.0. The third-order valence-electron chi connectivity index (χ3n) is 15.6. The summed E-state index contributed by atoms with van der Waals surface area (Å²) in [5, 5.41) is 31.2. The minimum absolute atomic E-state index is 0.0280. The van der Waals surface area contributed by atoms with E-state index < -0.39 is 47.0 Å². The lowest BCUT2D eigenvalue weighted by Gasteiger charge is -2.46. The lowest BCUT2D eigenvalue weighted by molar-refractivity contribution is -0.144. The summed E-state index contributed by atoms with van der Waals surface area (Å²) in [6.45, 7) is 14.4. The largest absolute Gasteiger partial charge is 0.508 e. The van der Waals surface area contributed by atoms with Crippen molar-refractivity contribution < 1.29 is 42.5 Å². The zero-order valence-corrected chi connectivity index (χ0v) is 44.4. The second kappa shape index (κ2) is 21.5. The number of carbonyl (C=O) groups excluding carboxylic acids is 3. The van der Waals surface area contributed by atoms with E-state index in [1.54, 1.807) is 11.3 Å². The fourth-order valence-electron chi connectivity index (χ4n) is 11.4. The van der Waals surface area contributed by atoms with Gasteiger partial charge < -0.3 is 40.7 Å². The minimum atomic E-state index is -1.19. The fraction of sp³-hybridized carbons (Fsp3) is 0.482. The monoisotopic (exact) mass is 1060 g/mol. The molecular formula is C56H65F3N10O6S. The number of halogens is 3. The number of nitrogens with zero attached hydrogens (tertiary/aromatic N) is 7. The highest BCUT2D eigenvalue weighted by atomic mass is 32.1. The molecular weight excluding hydrogens is 998 g/mol. The lowest BCUT2D eigenvalue weighted by atomic mass is 9.85. The van der Waals surface area contributed by atoms with Gasteiger partial charge in [-0.2, -0.15) is 9.97 Å². The second-order valence-electron chi connectivity index (χ2n) is 22.2. The first-order valence-electron chi connectivity index (χ1n) is 26.2. The van der Waals surface area contributed by atoms with Crippen molar-refractivity contribution in [3.8, 4) is 33.5 Å². The van der Waals surface area contributed by atoms with Gasteiger partial charge >= 0.3 is 6.01 Å². The van der Waals surface area contributed by atoms with Gasteiger partial charge in [0.25, 0.3) is 0 Å². The normalized spacial score (nSPS) is 22.4. The lowest BCUT2D eigenvalue weighted by Crippen LogP contribution is -2.58. The number of carbonyl (C=O) groups is 3. The van der Waals surface area contributed by atoms with Crippen LogP contribution in [0.1, 0.15) is 90.4 Å². The number of β-amino-alcohol motifs (C(OH)–C–C–N with tert-alkyl or cyclic N) is 1. The molecule has 4 aliphatic heterocycles. The number of aliphatic hydroxyl groups excluding tert-OH is 1. The van der Waals surface area contributed by atoms with Crippen LogP contribution in [0.4, 0.5) is 19.0 Å². The molecule has 20 heteroatoms. The Kier molecular flexibility index (Phi) is 15.0. The number of aromatic hydroxyl groups is 1. The molecule has 5 N–H and O–H groups in total. The summed E-state index contributed by atoms with van der Waals surface area (Å²) in [6, 6.07) is 10.7. The van der Waals surface area contributed by atoms with Gasteiger partial charge in [0, 0.05) is 74.3 Å². The number of aryl methyl sites for hydroxylation is 1. The number of anilines is 1. The predicted octanol–water partition coefficient (Wildman–Crippen LogP) is 7.58. The van der Waals surface area contributed by atoms with Gasteiger partial charge in [0.15, 0.2) is 17.5 Å². The number of piperazine rings is 1. The standard InChI is InChI=1S/C56H65F3N10O6S/c1-29-23-67(18-8-7-9-44(72)64-51(56(4,5)6)54(74)69-26-38(71)21-42(69)53(73)62-30(2)32-10-12-33(13-11-32)50-31(3)61-28-76-50)43(29)27-75-55-65-49-40(52(66-55)68-24-35-15-16-36(25-68)63-35)22-60-48(47(49)59)39-20-37(70)19-34-14-17-41(57)46(58)45(34)39/h10-14,17,19-20,22,28-30,35-36,38,42-43,51,63,70-71H,7-9,15-16,18,21,23-27H2,1-6H3,(H,62,73)(H,64,72)/t29-,30+,35?,36?,38-,42+,43-,51-/m1/s1. The number of phenolic OH excluding ortho intramolecular Hbond substituents is 1. The molecule has 2 bridgehead atoms. The van der Waals surface area contributed by atoms with Crippen LogP contribution in [0, 0.1) is 35.7 Å². The van der Waals surface area contributed by atoms with Crippen molar-refractivity contribution >= 4 is 56.6 Å². The third-order valence-corrected chi connectivity index (χ3v) is 16.6. The van der Waals surface area contributed by atoms with Crippen molar-refractivity contribution in [2.24, 2.45) is 11.3 Å². The number of rotatable bonds is 16. The van der Waals surface area contributed by atoms with E-state index in [0.29, 0.717) is 43.7 Å². The average Bonchev–Trinajstić information content (AvgIpc) is 4.10. The van der Waals surface area contributed by atoms with E-state index in [1.165, 1.54) is 23.2 Å². The smallest absolute Gasteiger partial charge is 0.319 e. The van der Waals surface area contributed by atoms with Crippen LogP contribution in [-0.2, 0) is 14.4 Å². The van der Waals surface area contributed by atoms with Crippen molar-refractivity contribution in [2.45, 2.75) is 122 Å². The van der Waals surface area contributed by atoms with E-state index in [0.717, 1.165) is 53.2 Å². The number of pyridine rings is 1. The molecule has 2 unspecified atom stereocenters. The number of thiazole rings is 1. The maximum atomic E-state index is 17.0. The topological polar surface area (TPSA) is 198 Å². The first-order valence-corrected chi connectivity index (χ1v) is 27.1. The molecule has 0 saturated carbocycles. The maximum Gasteiger partial charge on any atom is 0.319 e. The summed E-state index contributed by atoms with van der Waals surface area (Å²) in [7, 11) is 0. The highest BCUT2D eigenvalue weighted by Gasteiger charge is 2.45. The molecule has 3 aromatic heterocycles. The number of unbranched alkanes of at least 4 members (excludes halogenated alkanes) is 1. The fourth-order valence-corrected chi connectivity index (χ4v) is 12.2. The van der Waals surface area contributed by atoms with Crippen LogP contribution in [0.3, 0.4) is 0 Å². The molecule has 402 valence electrons. The first kappa shape index (κ1) is 52.9. The molecule has 6 aromatic rings. The molecule has 0 radical (unpaired) electrons. The highest BCUT2D eigenvalue weighted by Crippen LogP contribution is 2.40. The Bertz CT molecular complexity index is 3160. The molecule has 4 fully saturated rings. The van der Waals surface area contributed by atoms with Gasteiger partial charge in [0.2, 0.25) is 17.7 Å². The van der Waals surface area contributed by atoms with Crippen molar-refractivity contribution in [1.82, 2.24) is 45.7 Å². The summed E-state index contributed by atoms with van der Waals surface area (Å²) in [5.41, 5.74) is 3.44. The first-order chi connectivity index (χ1) is 36.3. The zero-order valence-electron chi connectivity index (χ0n) is 43.6. The van der Waals surface area contributed by atoms with Gasteiger partial charge in [-0.25, -0.2) is 18.2 Å². The quantitative estimate of drug-likeness (QED) is 0.0596. The Morgan fingerprint density at radius 3 is 2.39 bits per heavy atom. The van der Waals surface area contributed by atoms with Crippen molar-refractivity contribution in [3.63, 3.8) is 0 Å². The van der Waals surface area contributed by atoms with Gasteiger partial charge in [-0.1, -0.05) is 58.0 Å². The molecule has 76 heavy (non-hydrogen) atoms. The predicted molar refractivity (Wildman–Crippen MR) is 284 cm³/mol. The molecule has 3 amide bonds. The van der Waals surface area contributed by atoms with Crippen molar-refractivity contribution in [2.75, 3.05) is 44.2 Å². The number of aliphatic hydroxyl groups is 1. The number of ether oxygens (including phenoxy) is 1. The molecule has 0 aliphatic carbocycles. The van der Waals surface area contributed by atoms with E-state index in [1.807, 2.05) is 64.4 Å². The van der Waals surface area contributed by atoms with Gasteiger partial charge in [-0.15, -0.1) is 11.3 Å². The Balaban J connectivity index is 0.768. The van der Waals surface area contributed by atoms with Crippen LogP contribution in [0.15, 0.2) is 60.2 Å². The molecule has 0 spiro atoms. The van der Waals surface area contributed by atoms with E-state index in [9.17, 15) is 29.0 Å². The summed E-state index contributed by atoms with van der Waals surface area (Å²) in [5.74, 6) is -3.87. The molecule has 4 saturated heterocycles. The summed E-state index contributed by atoms with van der Waals surface area (Å²) >= 11 is 1.57. The van der Waals surface area contributed by atoms with E-state index >= 15 is 8.78 Å². The van der Waals surface area contributed by atoms with Gasteiger partial charge in [-0.05, 0) is 92.1 Å². The molecule has 8 atom stereocenters. The molecule has 3 aromatic carbocycles. The van der Waals surface area contributed by atoms with E-state index in [2.05, 4.69) is 47.6 Å². The Hall–Kier alpha value is -6.48. The number of phenols is 1. The number of hydrogen-bond acceptors (Lipinski definition) is 14. The van der Waals surface area contributed by atoms with Gasteiger partial charge in [0.1, 0.15) is 41.5 Å². The summed E-state index contributed by atoms with van der Waals surface area (Å²) in [6.07, 6.45) is 3.98. The summed E-state index contributed by atoms with van der Waals surface area (Å²) in [4.78, 5) is 66.7. The van der Waals surface area contributed by atoms with Crippen LogP contribution in [0.2, 0.25) is 0 Å². The van der Waals surface area contributed by atoms with E-state index in [-0.39, 0.29) is 107 Å². The number of likely N-dealkylation sites (tertiary alicyclic amines) is 2. The number of aromatic nitrogens is 4. The van der Waals surface area contributed by atoms with Crippen molar-refractivity contribution in [1.29, 1.82) is 0 Å². The van der Waals surface area contributed by atoms with E-state index in [4.69, 9.17) is 9.72 Å². The number of benzene rings is 3. The Morgan fingerprint density at radius 1 is 0.947 bits per heavy atom. The number of nitrogens with one attached hydrogen (secondary N) is 3. The SMILES string of the molecule is Cc1ncsc1-c1ccc([C@H](C)NC(=O)[C@@H]2C[C@@H](O)CN2C(=O)[C@@H](NC(=O)CCCCN2C[C@@H](C)[C@H]2COc2nc(N3CC4CCC(C3)N4)c3cnc(-c4cc(O)cc5ccc(F)c(F)c45)c(F)c3n2)C(C)(C)C)cc1. The Morgan fingerprint density at radius 2 is 1.70 bits per heavy atom. The van der Waals surface area contributed by atoms with Crippen LogP contribution in [0.25, 0.3) is 43.4 Å². The molecule has 4 aliphatic rings. The van der Waals surface area contributed by atoms with Gasteiger partial charge in [-0.3, -0.25) is 24.3 Å². The van der Waals surface area contributed by atoms with Crippen LogP contribution < -0.4 is 25.6 Å². The van der Waals surface area contributed by atoms with Crippen LogP contribution >= 0.6 is 11.3 Å². The molecule has 16 nitrogen and oxygen atoms in total. The van der Waals surface area contributed by atoms with Crippen LogP contribution in [-0.4, -0.2) is 133 Å². The third kappa shape index (κ3) is 10.8. The van der Waals surface area contributed by atoms with Crippen molar-refractivity contribution in [3.05, 3.63) is 88.9 Å². The second-order valence-corrected chi connectivity index (χ2v) is 23.1. The molecule has 7 heterocycles. The van der Waals surface area contributed by atoms with Gasteiger partial charge in [0.05, 0.1) is 33.6 Å². The minimum Gasteiger partial charge on any atom is -0.508 e. The van der Waals surface area contributed by atoms with Crippen LogP contribution in [0.5, 0.6) is 11.8 Å². The number of hydrogen-bond donors (Lipinski definition) is 5. The molecule has 10 rings (SSSR count). The summed E-state index contributed by atoms with van der Waals surface area (Å²) < 4.78 is 53.2. The zero-order chi connectivity index (χ0) is 53.7. The highest BCUT2D eigenvalue weighted by molar-refractivity contribution is 7.13. The number of amides is 3. The number of fused-ring (bicyclic) bond motifs is 4.